The molecule has 1 unspecified atom stereocenters. The van der Waals surface area contributed by atoms with Gasteiger partial charge in [0.1, 0.15) is 0 Å². The minimum Gasteiger partial charge on any atom is -0.356 e. The third-order valence-electron chi connectivity index (χ3n) is 2.83. The molecule has 0 saturated carbocycles. The Balaban J connectivity index is 2.34. The number of thioether (sulfide) groups is 1. The predicted molar refractivity (Wildman–Crippen MR) is 71.6 cm³/mol. The van der Waals surface area contributed by atoms with Gasteiger partial charge in [-0.25, -0.2) is 0 Å². The van der Waals surface area contributed by atoms with Crippen molar-refractivity contribution in [2.75, 3.05) is 19.3 Å². The normalized spacial score (nSPS) is 18.8. The molecule has 19 heavy (non-hydrogen) atoms. The van der Waals surface area contributed by atoms with E-state index >= 15 is 0 Å². The monoisotopic (exact) mass is 286 g/mol. The van der Waals surface area contributed by atoms with Gasteiger partial charge in [-0.05, 0) is 12.7 Å². The molecule has 1 aliphatic rings. The van der Waals surface area contributed by atoms with Gasteiger partial charge >= 0.3 is 0 Å². The van der Waals surface area contributed by atoms with E-state index in [0.29, 0.717) is 13.0 Å². The van der Waals surface area contributed by atoms with Crippen molar-refractivity contribution in [3.63, 3.8) is 0 Å². The molecule has 3 amide bonds. The Bertz CT molecular complexity index is 397. The number of ketones is 1. The zero-order valence-electron chi connectivity index (χ0n) is 11.1. The second kappa shape index (κ2) is 7.28. The third kappa shape index (κ3) is 4.66. The van der Waals surface area contributed by atoms with Crippen LogP contribution in [0.2, 0.25) is 0 Å². The molecule has 0 spiro atoms. The maximum atomic E-state index is 11.8. The summed E-state index contributed by atoms with van der Waals surface area (Å²) in [6.07, 6.45) is 2.72. The van der Waals surface area contributed by atoms with E-state index in [1.807, 2.05) is 0 Å². The predicted octanol–water partition coefficient (Wildman–Crippen LogP) is -0.0377. The number of hydrogen-bond acceptors (Lipinski definition) is 5. The summed E-state index contributed by atoms with van der Waals surface area (Å²) in [6, 6.07) is 0. The van der Waals surface area contributed by atoms with Crippen molar-refractivity contribution in [3.05, 3.63) is 0 Å². The first-order valence-electron chi connectivity index (χ1n) is 6.09. The first kappa shape index (κ1) is 15.7. The summed E-state index contributed by atoms with van der Waals surface area (Å²) in [5.41, 5.74) is 0. The van der Waals surface area contributed by atoms with Gasteiger partial charge in [-0.1, -0.05) is 0 Å². The SMILES string of the molecule is CSC1CC(=O)N(CC(=O)CCCNC(C)=O)C1=O. The quantitative estimate of drug-likeness (QED) is 0.524. The number of nitrogens with one attached hydrogen (secondary N) is 1. The Hall–Kier alpha value is -1.37. The smallest absolute Gasteiger partial charge is 0.243 e. The summed E-state index contributed by atoms with van der Waals surface area (Å²) in [6.45, 7) is 1.69. The molecule has 0 aromatic carbocycles. The number of hydrogen-bond donors (Lipinski definition) is 1. The van der Waals surface area contributed by atoms with Gasteiger partial charge in [-0.2, -0.15) is 11.8 Å². The highest BCUT2D eigenvalue weighted by Crippen LogP contribution is 2.22. The van der Waals surface area contributed by atoms with Crippen LogP contribution in [0.5, 0.6) is 0 Å². The molecule has 6 nitrogen and oxygen atoms in total. The molecule has 7 heteroatoms. The Morgan fingerprint density at radius 1 is 1.42 bits per heavy atom. The van der Waals surface area contributed by atoms with Crippen molar-refractivity contribution in [1.82, 2.24) is 10.2 Å². The van der Waals surface area contributed by atoms with Gasteiger partial charge in [0.2, 0.25) is 17.7 Å². The van der Waals surface area contributed by atoms with E-state index in [2.05, 4.69) is 5.32 Å². The highest BCUT2D eigenvalue weighted by Gasteiger charge is 2.38. The first-order chi connectivity index (χ1) is 8.95. The van der Waals surface area contributed by atoms with Crippen LogP contribution < -0.4 is 5.32 Å². The first-order valence-corrected chi connectivity index (χ1v) is 7.37. The molecule has 1 fully saturated rings. The molecule has 1 rings (SSSR count). The van der Waals surface area contributed by atoms with Gasteiger partial charge in [0.05, 0.1) is 11.8 Å². The second-order valence-corrected chi connectivity index (χ2v) is 5.41. The molecule has 1 saturated heterocycles. The summed E-state index contributed by atoms with van der Waals surface area (Å²) < 4.78 is 0. The molecule has 0 aromatic heterocycles. The van der Waals surface area contributed by atoms with Crippen LogP contribution in [0.25, 0.3) is 0 Å². The number of nitrogens with zero attached hydrogens (tertiary/aromatic N) is 1. The largest absolute Gasteiger partial charge is 0.356 e. The summed E-state index contributed by atoms with van der Waals surface area (Å²) in [4.78, 5) is 46.7. The maximum absolute atomic E-state index is 11.8. The molecule has 1 N–H and O–H groups in total. The number of carbonyl (C=O) groups excluding carboxylic acids is 4. The fourth-order valence-electron chi connectivity index (χ4n) is 1.81. The van der Waals surface area contributed by atoms with E-state index in [0.717, 1.165) is 4.90 Å². The van der Waals surface area contributed by atoms with Crippen LogP contribution in [0.4, 0.5) is 0 Å². The van der Waals surface area contributed by atoms with Crippen molar-refractivity contribution < 1.29 is 19.2 Å². The molecule has 1 aliphatic heterocycles. The minimum atomic E-state index is -0.348. The Kier molecular flexibility index (Phi) is 6.01. The lowest BCUT2D eigenvalue weighted by Gasteiger charge is -2.13. The number of carbonyl (C=O) groups is 4. The average Bonchev–Trinajstić information content (AvgIpc) is 2.62. The lowest BCUT2D eigenvalue weighted by molar-refractivity contribution is -0.141. The number of Topliss-reactive ketones (excluding diaryl/α,β-unsaturated/α-hetero) is 1. The van der Waals surface area contributed by atoms with Gasteiger partial charge in [0.25, 0.3) is 0 Å². The Morgan fingerprint density at radius 3 is 2.63 bits per heavy atom. The number of rotatable bonds is 7. The van der Waals surface area contributed by atoms with E-state index in [-0.39, 0.29) is 48.1 Å². The molecule has 0 radical (unpaired) electrons. The van der Waals surface area contributed by atoms with E-state index in [4.69, 9.17) is 0 Å². The molecule has 0 aromatic rings. The van der Waals surface area contributed by atoms with Gasteiger partial charge in [0, 0.05) is 26.3 Å². The highest BCUT2D eigenvalue weighted by atomic mass is 32.2. The fourth-order valence-corrected chi connectivity index (χ4v) is 2.45. The van der Waals surface area contributed by atoms with Crippen molar-refractivity contribution in [2.24, 2.45) is 0 Å². The standard InChI is InChI=1S/C12H18N2O4S/c1-8(15)13-5-3-4-9(16)7-14-11(17)6-10(19-2)12(14)18/h10H,3-7H2,1-2H3,(H,13,15). The van der Waals surface area contributed by atoms with Crippen LogP contribution in [0.3, 0.4) is 0 Å². The minimum absolute atomic E-state index is 0.139. The van der Waals surface area contributed by atoms with Gasteiger partial charge < -0.3 is 5.32 Å². The topological polar surface area (TPSA) is 83.6 Å². The van der Waals surface area contributed by atoms with Crippen molar-refractivity contribution in [2.45, 2.75) is 31.4 Å². The molecule has 1 heterocycles. The molecular weight excluding hydrogens is 268 g/mol. The van der Waals surface area contributed by atoms with Crippen LogP contribution in [0, 0.1) is 0 Å². The van der Waals surface area contributed by atoms with Crippen LogP contribution in [-0.4, -0.2) is 53.0 Å². The second-order valence-electron chi connectivity index (χ2n) is 4.37. The van der Waals surface area contributed by atoms with Crippen LogP contribution >= 0.6 is 11.8 Å². The van der Waals surface area contributed by atoms with E-state index < -0.39 is 0 Å². The zero-order chi connectivity index (χ0) is 14.4. The lowest BCUT2D eigenvalue weighted by atomic mass is 10.2. The van der Waals surface area contributed by atoms with Gasteiger partial charge in [0.15, 0.2) is 5.78 Å². The summed E-state index contributed by atoms with van der Waals surface area (Å²) in [7, 11) is 0. The van der Waals surface area contributed by atoms with Gasteiger partial charge in [-0.15, -0.1) is 0 Å². The lowest BCUT2D eigenvalue weighted by Crippen LogP contribution is -2.36. The molecule has 1 atom stereocenters. The van der Waals surface area contributed by atoms with Crippen molar-refractivity contribution in [3.8, 4) is 0 Å². The highest BCUT2D eigenvalue weighted by molar-refractivity contribution is 8.00. The van der Waals surface area contributed by atoms with Gasteiger partial charge in [-0.3, -0.25) is 24.1 Å². The Labute approximate surface area is 116 Å². The number of likely N-dealkylation sites (tertiary alicyclic amines) is 1. The van der Waals surface area contributed by atoms with E-state index in [1.165, 1.54) is 18.7 Å². The molecule has 0 aliphatic carbocycles. The summed E-state index contributed by atoms with van der Waals surface area (Å²) >= 11 is 1.33. The fraction of sp³-hybridized carbons (Fsp3) is 0.667. The van der Waals surface area contributed by atoms with Crippen LogP contribution in [-0.2, 0) is 19.2 Å². The molecule has 0 bridgehead atoms. The van der Waals surface area contributed by atoms with E-state index in [1.54, 1.807) is 6.26 Å². The average molecular weight is 286 g/mol. The van der Waals surface area contributed by atoms with E-state index in [9.17, 15) is 19.2 Å². The Morgan fingerprint density at radius 2 is 2.11 bits per heavy atom. The van der Waals surface area contributed by atoms with Crippen molar-refractivity contribution in [1.29, 1.82) is 0 Å². The maximum Gasteiger partial charge on any atom is 0.243 e. The van der Waals surface area contributed by atoms with Crippen molar-refractivity contribution >= 4 is 35.3 Å². The molecular formula is C12H18N2O4S. The summed E-state index contributed by atoms with van der Waals surface area (Å²) in [5, 5.41) is 2.24. The third-order valence-corrected chi connectivity index (χ3v) is 3.77. The van der Waals surface area contributed by atoms with Crippen LogP contribution in [0.1, 0.15) is 26.2 Å². The van der Waals surface area contributed by atoms with Crippen LogP contribution in [0.15, 0.2) is 0 Å². The number of imide groups is 1. The number of amides is 3. The zero-order valence-corrected chi connectivity index (χ0v) is 11.9. The summed E-state index contributed by atoms with van der Waals surface area (Å²) in [5.74, 6) is -0.846. The molecule has 106 valence electrons.